The molecule has 3 amide bonds. The van der Waals surface area contributed by atoms with Gasteiger partial charge in [-0.15, -0.1) is 11.3 Å². The van der Waals surface area contributed by atoms with Crippen LogP contribution in [-0.2, 0) is 16.1 Å². The van der Waals surface area contributed by atoms with Crippen molar-refractivity contribution in [2.75, 3.05) is 11.9 Å². The third-order valence-corrected chi connectivity index (χ3v) is 7.26. The highest BCUT2D eigenvalue weighted by molar-refractivity contribution is 7.16. The zero-order valence-electron chi connectivity index (χ0n) is 18.7. The summed E-state index contributed by atoms with van der Waals surface area (Å²) in [6.45, 7) is 1.95. The molecular weight excluding hydrogens is 440 g/mol. The maximum absolute atomic E-state index is 12.7. The van der Waals surface area contributed by atoms with Gasteiger partial charge < -0.3 is 10.1 Å². The number of hydrogen-bond acceptors (Lipinski definition) is 6. The first-order valence-electron chi connectivity index (χ1n) is 11.5. The molecule has 1 N–H and O–H groups in total. The van der Waals surface area contributed by atoms with Crippen LogP contribution in [0.4, 0.5) is 5.00 Å². The van der Waals surface area contributed by atoms with E-state index >= 15 is 0 Å². The standard InChI is InChI=1S/C25H28N2O5S/c1-2-32-25(31)20-14-17(15-27-23(29)18-10-6-7-11-19(18)24(27)30)33-22(20)26-21(28)13-12-16-8-4-3-5-9-16/h6-7,10-11,14,16H,2-5,8-9,12-13,15H2,1H3,(H,26,28). The molecule has 8 heteroatoms. The van der Waals surface area contributed by atoms with E-state index in [0.29, 0.717) is 33.3 Å². The van der Waals surface area contributed by atoms with Crippen LogP contribution in [0, 0.1) is 5.92 Å². The molecule has 0 saturated heterocycles. The van der Waals surface area contributed by atoms with Crippen molar-refractivity contribution in [3.63, 3.8) is 0 Å². The summed E-state index contributed by atoms with van der Waals surface area (Å²) in [5.74, 6) is -0.813. The number of amides is 3. The molecule has 0 atom stereocenters. The number of rotatable bonds is 8. The molecule has 1 aliphatic heterocycles. The Kier molecular flexibility index (Phi) is 7.23. The Balaban J connectivity index is 1.47. The third kappa shape index (κ3) is 5.16. The molecule has 2 aliphatic rings. The molecule has 1 aliphatic carbocycles. The van der Waals surface area contributed by atoms with Crippen LogP contribution in [0.3, 0.4) is 0 Å². The van der Waals surface area contributed by atoms with Crippen molar-refractivity contribution >= 4 is 40.0 Å². The number of ether oxygens (including phenoxy) is 1. The molecule has 174 valence electrons. The van der Waals surface area contributed by atoms with E-state index in [9.17, 15) is 19.2 Å². The molecule has 0 radical (unpaired) electrons. The fourth-order valence-corrected chi connectivity index (χ4v) is 5.56. The van der Waals surface area contributed by atoms with Crippen LogP contribution in [0.1, 0.15) is 87.8 Å². The number of carbonyl (C=O) groups is 4. The molecule has 2 aromatic rings. The maximum Gasteiger partial charge on any atom is 0.341 e. The molecule has 0 bridgehead atoms. The summed E-state index contributed by atoms with van der Waals surface area (Å²) < 4.78 is 5.15. The van der Waals surface area contributed by atoms with Gasteiger partial charge in [-0.3, -0.25) is 19.3 Å². The van der Waals surface area contributed by atoms with Gasteiger partial charge >= 0.3 is 5.97 Å². The average Bonchev–Trinajstić information content (AvgIpc) is 3.33. The fraction of sp³-hybridized carbons (Fsp3) is 0.440. The van der Waals surface area contributed by atoms with Gasteiger partial charge in [-0.25, -0.2) is 4.79 Å². The number of benzene rings is 1. The second-order valence-electron chi connectivity index (χ2n) is 8.51. The Bertz CT molecular complexity index is 1040. The van der Waals surface area contributed by atoms with Crippen LogP contribution in [-0.4, -0.2) is 35.2 Å². The van der Waals surface area contributed by atoms with E-state index in [1.165, 1.54) is 48.3 Å². The summed E-state index contributed by atoms with van der Waals surface area (Å²) in [5.41, 5.74) is 1.00. The zero-order valence-corrected chi connectivity index (χ0v) is 19.5. The number of fused-ring (bicyclic) bond motifs is 1. The molecule has 1 saturated carbocycles. The highest BCUT2D eigenvalue weighted by Crippen LogP contribution is 2.33. The minimum Gasteiger partial charge on any atom is -0.462 e. The molecular formula is C25H28N2O5S. The third-order valence-electron chi connectivity index (χ3n) is 6.23. The Labute approximate surface area is 197 Å². The molecule has 4 rings (SSSR count). The van der Waals surface area contributed by atoms with Crippen molar-refractivity contribution in [2.45, 2.75) is 58.4 Å². The molecule has 0 spiro atoms. The van der Waals surface area contributed by atoms with Crippen molar-refractivity contribution in [3.05, 3.63) is 51.9 Å². The number of nitrogens with zero attached hydrogens (tertiary/aromatic N) is 1. The summed E-state index contributed by atoms with van der Waals surface area (Å²) in [5, 5.41) is 3.26. The lowest BCUT2D eigenvalue weighted by Crippen LogP contribution is -2.28. The molecule has 2 heterocycles. The van der Waals surface area contributed by atoms with Gasteiger partial charge in [-0.1, -0.05) is 44.2 Å². The monoisotopic (exact) mass is 468 g/mol. The van der Waals surface area contributed by atoms with E-state index in [1.54, 1.807) is 37.3 Å². The smallest absolute Gasteiger partial charge is 0.341 e. The maximum atomic E-state index is 12.7. The lowest BCUT2D eigenvalue weighted by molar-refractivity contribution is -0.116. The van der Waals surface area contributed by atoms with Crippen LogP contribution >= 0.6 is 11.3 Å². The second-order valence-corrected chi connectivity index (χ2v) is 9.65. The Hall–Kier alpha value is -3.00. The van der Waals surface area contributed by atoms with E-state index in [0.717, 1.165) is 6.42 Å². The van der Waals surface area contributed by atoms with Crippen molar-refractivity contribution in [1.29, 1.82) is 0 Å². The summed E-state index contributed by atoms with van der Waals surface area (Å²) in [6, 6.07) is 8.30. The number of hydrogen-bond donors (Lipinski definition) is 1. The van der Waals surface area contributed by atoms with E-state index in [4.69, 9.17) is 4.74 Å². The van der Waals surface area contributed by atoms with Crippen molar-refractivity contribution in [3.8, 4) is 0 Å². The van der Waals surface area contributed by atoms with Gasteiger partial charge in [0.25, 0.3) is 11.8 Å². The zero-order chi connectivity index (χ0) is 23.4. The lowest BCUT2D eigenvalue weighted by Gasteiger charge is -2.20. The van der Waals surface area contributed by atoms with Gasteiger partial charge in [0.15, 0.2) is 0 Å². The molecule has 33 heavy (non-hydrogen) atoms. The van der Waals surface area contributed by atoms with Gasteiger partial charge in [0.2, 0.25) is 5.91 Å². The summed E-state index contributed by atoms with van der Waals surface area (Å²) in [4.78, 5) is 52.3. The van der Waals surface area contributed by atoms with E-state index in [2.05, 4.69) is 5.32 Å². The van der Waals surface area contributed by atoms with Gasteiger partial charge in [-0.2, -0.15) is 0 Å². The predicted octanol–water partition coefficient (Wildman–Crippen LogP) is 5.02. The SMILES string of the molecule is CCOC(=O)c1cc(CN2C(=O)c3ccccc3C2=O)sc1NC(=O)CCC1CCCCC1. The number of esters is 1. The lowest BCUT2D eigenvalue weighted by atomic mass is 9.86. The van der Waals surface area contributed by atoms with Gasteiger partial charge in [0.05, 0.1) is 29.8 Å². The molecule has 1 aromatic heterocycles. The summed E-state index contributed by atoms with van der Waals surface area (Å²) in [7, 11) is 0. The summed E-state index contributed by atoms with van der Waals surface area (Å²) in [6.07, 6.45) is 7.31. The number of thiophene rings is 1. The van der Waals surface area contributed by atoms with Crippen molar-refractivity contribution < 1.29 is 23.9 Å². The second kappa shape index (κ2) is 10.3. The van der Waals surface area contributed by atoms with Gasteiger partial charge in [-0.05, 0) is 37.5 Å². The van der Waals surface area contributed by atoms with E-state index in [-0.39, 0.29) is 36.4 Å². The molecule has 1 aromatic carbocycles. The van der Waals surface area contributed by atoms with Crippen LogP contribution in [0.15, 0.2) is 30.3 Å². The average molecular weight is 469 g/mol. The first kappa shape index (κ1) is 23.2. The number of nitrogens with one attached hydrogen (secondary N) is 1. The Morgan fingerprint density at radius 3 is 2.39 bits per heavy atom. The normalized spacial score (nSPS) is 16.1. The minimum atomic E-state index is -0.537. The Morgan fingerprint density at radius 1 is 1.09 bits per heavy atom. The van der Waals surface area contributed by atoms with Crippen LogP contribution < -0.4 is 5.32 Å². The summed E-state index contributed by atoms with van der Waals surface area (Å²) >= 11 is 1.19. The highest BCUT2D eigenvalue weighted by atomic mass is 32.1. The van der Waals surface area contributed by atoms with Gasteiger partial charge in [0.1, 0.15) is 5.00 Å². The van der Waals surface area contributed by atoms with Crippen LogP contribution in [0.25, 0.3) is 0 Å². The first-order chi connectivity index (χ1) is 16.0. The fourth-order valence-electron chi connectivity index (χ4n) is 4.51. The van der Waals surface area contributed by atoms with Crippen LogP contribution in [0.2, 0.25) is 0 Å². The topological polar surface area (TPSA) is 92.8 Å². The van der Waals surface area contributed by atoms with Crippen molar-refractivity contribution in [1.82, 2.24) is 4.90 Å². The molecule has 7 nitrogen and oxygen atoms in total. The van der Waals surface area contributed by atoms with E-state index in [1.807, 2.05) is 0 Å². The largest absolute Gasteiger partial charge is 0.462 e. The van der Waals surface area contributed by atoms with E-state index < -0.39 is 5.97 Å². The predicted molar refractivity (Wildman–Crippen MR) is 125 cm³/mol. The number of carbonyl (C=O) groups excluding carboxylic acids is 4. The molecule has 0 unspecified atom stereocenters. The quantitative estimate of drug-likeness (QED) is 0.434. The first-order valence-corrected chi connectivity index (χ1v) is 12.3. The highest BCUT2D eigenvalue weighted by Gasteiger charge is 2.35. The minimum absolute atomic E-state index is 0.0291. The molecule has 1 fully saturated rings. The number of imide groups is 1. The van der Waals surface area contributed by atoms with Crippen molar-refractivity contribution in [2.24, 2.45) is 5.92 Å². The van der Waals surface area contributed by atoms with Gasteiger partial charge in [0, 0.05) is 11.3 Å². The van der Waals surface area contributed by atoms with Crippen LogP contribution in [0.5, 0.6) is 0 Å². The Morgan fingerprint density at radius 2 is 1.76 bits per heavy atom. The number of anilines is 1.